The molecular weight excluding hydrogens is 312 g/mol. The molecule has 0 radical (unpaired) electrons. The summed E-state index contributed by atoms with van der Waals surface area (Å²) in [6.45, 7) is 0.172. The summed E-state index contributed by atoms with van der Waals surface area (Å²) in [7, 11) is 0. The van der Waals surface area contributed by atoms with Gasteiger partial charge in [0.1, 0.15) is 0 Å². The van der Waals surface area contributed by atoms with E-state index >= 15 is 0 Å². The van der Waals surface area contributed by atoms with E-state index in [2.05, 4.69) is 16.0 Å². The number of nitro groups is 1. The van der Waals surface area contributed by atoms with Gasteiger partial charge >= 0.3 is 0 Å². The summed E-state index contributed by atoms with van der Waals surface area (Å²) in [6, 6.07) is 11.3. The highest BCUT2D eigenvalue weighted by atomic mass is 16.6. The Morgan fingerprint density at radius 1 is 1.25 bits per heavy atom. The second-order valence-corrected chi connectivity index (χ2v) is 5.23. The van der Waals surface area contributed by atoms with Crippen molar-refractivity contribution in [2.75, 3.05) is 17.2 Å². The number of amides is 2. The zero-order chi connectivity index (χ0) is 17.1. The van der Waals surface area contributed by atoms with E-state index in [0.29, 0.717) is 22.5 Å². The molecule has 1 aliphatic rings. The maximum Gasteiger partial charge on any atom is 0.272 e. The fourth-order valence-electron chi connectivity index (χ4n) is 2.47. The van der Waals surface area contributed by atoms with Crippen LogP contribution in [0.25, 0.3) is 0 Å². The smallest absolute Gasteiger partial charge is 0.272 e. The average molecular weight is 326 g/mol. The molecule has 8 heteroatoms. The van der Waals surface area contributed by atoms with Gasteiger partial charge in [-0.15, -0.1) is 0 Å². The number of benzene rings is 2. The zero-order valence-corrected chi connectivity index (χ0v) is 12.5. The van der Waals surface area contributed by atoms with Crippen molar-refractivity contribution in [2.24, 2.45) is 0 Å². The Labute approximate surface area is 137 Å². The van der Waals surface area contributed by atoms with Gasteiger partial charge in [-0.1, -0.05) is 18.2 Å². The Hall–Kier alpha value is -3.42. The molecule has 0 fully saturated rings. The molecule has 24 heavy (non-hydrogen) atoms. The third kappa shape index (κ3) is 3.17. The maximum absolute atomic E-state index is 12.1. The quantitative estimate of drug-likeness (QED) is 0.586. The molecule has 3 N–H and O–H groups in total. The molecule has 0 atom stereocenters. The number of nitrogens with zero attached hydrogens (tertiary/aromatic N) is 1. The van der Waals surface area contributed by atoms with E-state index in [1.807, 2.05) is 0 Å². The van der Waals surface area contributed by atoms with Gasteiger partial charge in [0, 0.05) is 29.8 Å². The number of hydrogen-bond acceptors (Lipinski definition) is 5. The highest BCUT2D eigenvalue weighted by Gasteiger charge is 2.22. The lowest BCUT2D eigenvalue weighted by atomic mass is 10.1. The first-order valence-corrected chi connectivity index (χ1v) is 7.23. The van der Waals surface area contributed by atoms with Crippen molar-refractivity contribution in [3.05, 3.63) is 63.7 Å². The fourth-order valence-corrected chi connectivity index (χ4v) is 2.47. The van der Waals surface area contributed by atoms with Crippen LogP contribution in [0.5, 0.6) is 0 Å². The third-order valence-corrected chi connectivity index (χ3v) is 3.59. The molecule has 0 aliphatic carbocycles. The van der Waals surface area contributed by atoms with Gasteiger partial charge in [-0.2, -0.15) is 0 Å². The molecule has 2 aromatic rings. The molecule has 0 saturated heterocycles. The molecule has 122 valence electrons. The standard InChI is InChI=1S/C16H14N4O4/c21-14-9-17-15-11(6-12(20(23)24)7-13(15)19-14)8-18-16(22)10-4-2-1-3-5-10/h1-7,17H,8-9H2,(H,18,22)(H,19,21). The minimum absolute atomic E-state index is 0.0739. The first kappa shape index (κ1) is 15.5. The Kier molecular flexibility index (Phi) is 4.11. The number of fused-ring (bicyclic) bond motifs is 1. The molecular formula is C16H14N4O4. The van der Waals surface area contributed by atoms with Gasteiger partial charge in [-0.25, -0.2) is 0 Å². The van der Waals surface area contributed by atoms with Crippen LogP contribution in [0.2, 0.25) is 0 Å². The molecule has 0 unspecified atom stereocenters. The first-order chi connectivity index (χ1) is 11.5. The van der Waals surface area contributed by atoms with Crippen LogP contribution in [-0.2, 0) is 11.3 Å². The monoisotopic (exact) mass is 326 g/mol. The highest BCUT2D eigenvalue weighted by Crippen LogP contribution is 2.33. The third-order valence-electron chi connectivity index (χ3n) is 3.59. The van der Waals surface area contributed by atoms with E-state index in [4.69, 9.17) is 0 Å². The summed E-state index contributed by atoms with van der Waals surface area (Å²) in [5, 5.41) is 19.3. The van der Waals surface area contributed by atoms with Crippen LogP contribution < -0.4 is 16.0 Å². The van der Waals surface area contributed by atoms with Crippen LogP contribution in [0.15, 0.2) is 42.5 Å². The number of hydrogen-bond donors (Lipinski definition) is 3. The van der Waals surface area contributed by atoms with Crippen molar-refractivity contribution >= 4 is 28.9 Å². The lowest BCUT2D eigenvalue weighted by Gasteiger charge is -2.21. The first-order valence-electron chi connectivity index (χ1n) is 7.23. The second kappa shape index (κ2) is 6.37. The molecule has 0 aromatic heterocycles. The molecule has 8 nitrogen and oxygen atoms in total. The van der Waals surface area contributed by atoms with Crippen molar-refractivity contribution in [1.82, 2.24) is 5.32 Å². The highest BCUT2D eigenvalue weighted by molar-refractivity contribution is 6.02. The largest absolute Gasteiger partial charge is 0.374 e. The molecule has 1 heterocycles. The predicted molar refractivity (Wildman–Crippen MR) is 87.8 cm³/mol. The van der Waals surface area contributed by atoms with Crippen LogP contribution in [0.4, 0.5) is 17.1 Å². The Morgan fingerprint density at radius 3 is 2.71 bits per heavy atom. The van der Waals surface area contributed by atoms with Crippen LogP contribution in [0.3, 0.4) is 0 Å². The minimum atomic E-state index is -0.538. The summed E-state index contributed by atoms with van der Waals surface area (Å²) in [4.78, 5) is 34.1. The minimum Gasteiger partial charge on any atom is -0.374 e. The number of nitrogens with one attached hydrogen (secondary N) is 3. The van der Waals surface area contributed by atoms with Crippen molar-refractivity contribution in [3.8, 4) is 0 Å². The molecule has 1 aliphatic heterocycles. The molecule has 3 rings (SSSR count). The molecule has 0 saturated carbocycles. The average Bonchev–Trinajstić information content (AvgIpc) is 2.59. The van der Waals surface area contributed by atoms with Crippen molar-refractivity contribution in [2.45, 2.75) is 6.54 Å². The predicted octanol–water partition coefficient (Wildman–Crippen LogP) is 1.89. The van der Waals surface area contributed by atoms with E-state index in [1.54, 1.807) is 30.3 Å². The molecule has 0 bridgehead atoms. The number of carbonyl (C=O) groups excluding carboxylic acids is 2. The number of rotatable bonds is 4. The van der Waals surface area contributed by atoms with Crippen LogP contribution in [0.1, 0.15) is 15.9 Å². The Balaban J connectivity index is 1.85. The summed E-state index contributed by atoms with van der Waals surface area (Å²) < 4.78 is 0. The number of non-ortho nitro benzene ring substituents is 1. The fraction of sp³-hybridized carbons (Fsp3) is 0.125. The van der Waals surface area contributed by atoms with Crippen molar-refractivity contribution in [3.63, 3.8) is 0 Å². The normalized spacial score (nSPS) is 12.6. The Bertz CT molecular complexity index is 820. The SMILES string of the molecule is O=C1CNc2c(CNC(=O)c3ccccc3)cc([N+](=O)[O-])cc2N1. The van der Waals surface area contributed by atoms with Gasteiger partial charge in [0.05, 0.1) is 22.8 Å². The van der Waals surface area contributed by atoms with Crippen molar-refractivity contribution in [1.29, 1.82) is 0 Å². The summed E-state index contributed by atoms with van der Waals surface area (Å²) in [5.41, 5.74) is 1.79. The lowest BCUT2D eigenvalue weighted by Crippen LogP contribution is -2.29. The van der Waals surface area contributed by atoms with E-state index < -0.39 is 4.92 Å². The van der Waals surface area contributed by atoms with Gasteiger partial charge < -0.3 is 16.0 Å². The summed E-state index contributed by atoms with van der Waals surface area (Å²) in [6.07, 6.45) is 0. The second-order valence-electron chi connectivity index (χ2n) is 5.23. The Morgan fingerprint density at radius 2 is 2.00 bits per heavy atom. The summed E-state index contributed by atoms with van der Waals surface area (Å²) in [5.74, 6) is -0.557. The topological polar surface area (TPSA) is 113 Å². The number of anilines is 2. The van der Waals surface area contributed by atoms with Crippen LogP contribution >= 0.6 is 0 Å². The van der Waals surface area contributed by atoms with Crippen molar-refractivity contribution < 1.29 is 14.5 Å². The van der Waals surface area contributed by atoms with Gasteiger partial charge in [-0.05, 0) is 12.1 Å². The van der Waals surface area contributed by atoms with Crippen LogP contribution in [0, 0.1) is 10.1 Å². The van der Waals surface area contributed by atoms with E-state index in [9.17, 15) is 19.7 Å². The van der Waals surface area contributed by atoms with E-state index in [-0.39, 0.29) is 30.6 Å². The number of nitro benzene ring substituents is 1. The summed E-state index contributed by atoms with van der Waals surface area (Å²) >= 11 is 0. The number of carbonyl (C=O) groups is 2. The van der Waals surface area contributed by atoms with Gasteiger partial charge in [0.15, 0.2) is 0 Å². The van der Waals surface area contributed by atoms with Crippen LogP contribution in [-0.4, -0.2) is 23.3 Å². The molecule has 2 aromatic carbocycles. The van der Waals surface area contributed by atoms with E-state index in [1.165, 1.54) is 12.1 Å². The van der Waals surface area contributed by atoms with E-state index in [0.717, 1.165) is 0 Å². The van der Waals surface area contributed by atoms with Gasteiger partial charge in [0.2, 0.25) is 5.91 Å². The maximum atomic E-state index is 12.1. The zero-order valence-electron chi connectivity index (χ0n) is 12.5. The molecule has 2 amide bonds. The lowest BCUT2D eigenvalue weighted by molar-refractivity contribution is -0.384. The van der Waals surface area contributed by atoms with Gasteiger partial charge in [-0.3, -0.25) is 19.7 Å². The van der Waals surface area contributed by atoms with Gasteiger partial charge in [0.25, 0.3) is 11.6 Å². The molecule has 0 spiro atoms.